The first kappa shape index (κ1) is 26.8. The van der Waals surface area contributed by atoms with Crippen LogP contribution in [0.5, 0.6) is 5.75 Å². The summed E-state index contributed by atoms with van der Waals surface area (Å²) in [5.41, 5.74) is 2.43. The van der Waals surface area contributed by atoms with Crippen molar-refractivity contribution < 1.29 is 18.2 Å². The predicted molar refractivity (Wildman–Crippen MR) is 177 cm³/mol. The number of para-hydroxylation sites is 1. The summed E-state index contributed by atoms with van der Waals surface area (Å²) in [4.78, 5) is 0. The first-order valence-electron chi connectivity index (χ1n) is 13.7. The van der Waals surface area contributed by atoms with E-state index in [0.717, 1.165) is 65.4 Å². The zero-order chi connectivity index (χ0) is 28.6. The Balaban J connectivity index is 1.58. The zero-order valence-corrected chi connectivity index (χ0v) is 25.1. The molecule has 0 saturated carbocycles. The highest BCUT2D eigenvalue weighted by Gasteiger charge is 2.29. The fourth-order valence-electron chi connectivity index (χ4n) is 5.65. The maximum atomic E-state index is 10.3. The van der Waals surface area contributed by atoms with Crippen LogP contribution in [0.15, 0.2) is 130 Å². The molecular formula is C35H29NO4P2. The van der Waals surface area contributed by atoms with Crippen molar-refractivity contribution in [1.82, 2.24) is 0 Å². The Bertz CT molecular complexity index is 1980. The van der Waals surface area contributed by atoms with E-state index in [1.54, 1.807) is 7.11 Å². The van der Waals surface area contributed by atoms with Crippen molar-refractivity contribution in [2.45, 2.75) is 6.61 Å². The van der Waals surface area contributed by atoms with Gasteiger partial charge in [-0.3, -0.25) is 0 Å². The summed E-state index contributed by atoms with van der Waals surface area (Å²) in [5.74, 6) is 0.783. The number of hydrogen-bond donors (Lipinski definition) is 1. The highest BCUT2D eigenvalue weighted by Crippen LogP contribution is 2.51. The molecule has 1 aromatic heterocycles. The van der Waals surface area contributed by atoms with E-state index in [2.05, 4.69) is 89.4 Å². The average Bonchev–Trinajstić information content (AvgIpc) is 3.23. The Kier molecular flexibility index (Phi) is 7.19. The van der Waals surface area contributed by atoms with Crippen molar-refractivity contribution in [3.05, 3.63) is 127 Å². The Morgan fingerprint density at radius 2 is 1.19 bits per heavy atom. The van der Waals surface area contributed by atoms with Gasteiger partial charge in [-0.25, -0.2) is 0 Å². The van der Waals surface area contributed by atoms with E-state index in [4.69, 9.17) is 13.1 Å². The second-order valence-corrected chi connectivity index (χ2v) is 13.9. The van der Waals surface area contributed by atoms with Gasteiger partial charge < -0.3 is 18.2 Å². The second kappa shape index (κ2) is 11.3. The molecule has 1 unspecified atom stereocenters. The molecule has 7 aromatic rings. The van der Waals surface area contributed by atoms with Gasteiger partial charge >= 0.3 is 8.16 Å². The van der Waals surface area contributed by atoms with Gasteiger partial charge in [-0.05, 0) is 51.4 Å². The Morgan fingerprint density at radius 3 is 1.79 bits per heavy atom. The SMILES string of the molecule is COc1ccccc1P(c1ccccc1CO)N(C)p1oc2ccc3ccccc3c2c2c(ccc3ccccc32)o1. The first-order chi connectivity index (χ1) is 20.7. The summed E-state index contributed by atoms with van der Waals surface area (Å²) in [6, 6.07) is 41.3. The van der Waals surface area contributed by atoms with E-state index in [9.17, 15) is 5.11 Å². The molecule has 0 amide bonds. The van der Waals surface area contributed by atoms with Crippen LogP contribution in [0.3, 0.4) is 0 Å². The lowest BCUT2D eigenvalue weighted by atomic mass is 9.99. The summed E-state index contributed by atoms with van der Waals surface area (Å²) in [6.07, 6.45) is 0. The maximum Gasteiger partial charge on any atom is 0.313 e. The molecule has 1 N–H and O–H groups in total. The zero-order valence-electron chi connectivity index (χ0n) is 23.3. The molecule has 0 radical (unpaired) electrons. The quantitative estimate of drug-likeness (QED) is 0.197. The summed E-state index contributed by atoms with van der Waals surface area (Å²) >= 11 is 0. The molecule has 6 aromatic carbocycles. The fraction of sp³-hybridized carbons (Fsp3) is 0.0857. The summed E-state index contributed by atoms with van der Waals surface area (Å²) in [6.45, 7) is -0.0682. The number of hydrogen-bond acceptors (Lipinski definition) is 5. The number of rotatable bonds is 6. The molecule has 1 heterocycles. The molecule has 208 valence electrons. The smallest absolute Gasteiger partial charge is 0.313 e. The Morgan fingerprint density at radius 1 is 0.667 bits per heavy atom. The fourth-order valence-corrected chi connectivity index (χ4v) is 10.1. The van der Waals surface area contributed by atoms with Crippen LogP contribution < -0.4 is 19.8 Å². The summed E-state index contributed by atoms with van der Waals surface area (Å²) < 4.78 is 21.9. The molecule has 42 heavy (non-hydrogen) atoms. The molecule has 1 atom stereocenters. The van der Waals surface area contributed by atoms with Crippen LogP contribution in [0.2, 0.25) is 0 Å². The molecule has 0 spiro atoms. The van der Waals surface area contributed by atoms with E-state index >= 15 is 0 Å². The topological polar surface area (TPSA) is 59.0 Å². The molecule has 0 aliphatic carbocycles. The molecular weight excluding hydrogens is 560 g/mol. The Labute approximate surface area is 246 Å². The van der Waals surface area contributed by atoms with Gasteiger partial charge in [0.25, 0.3) is 0 Å². The largest absolute Gasteiger partial charge is 0.496 e. The standard InChI is InChI=1S/C35H29NO4P2/c1-36(41(32-17-9-5-13-26(32)23-37)33-18-10-8-16-29(33)38-2)42-39-30-21-19-24-11-3-6-14-27(24)34(30)35-28-15-7-4-12-25(28)20-22-31(35)40-42/h3-22,37H,23H2,1-2H3. The van der Waals surface area contributed by atoms with Crippen LogP contribution >= 0.6 is 16.2 Å². The summed E-state index contributed by atoms with van der Waals surface area (Å²) in [7, 11) is 0.877. The lowest BCUT2D eigenvalue weighted by Gasteiger charge is -2.28. The van der Waals surface area contributed by atoms with Crippen molar-refractivity contribution in [1.29, 1.82) is 0 Å². The van der Waals surface area contributed by atoms with Gasteiger partial charge in [-0.2, -0.15) is 4.44 Å². The normalized spacial score (nSPS) is 12.4. The number of benzene rings is 6. The van der Waals surface area contributed by atoms with E-state index in [1.165, 1.54) is 0 Å². The van der Waals surface area contributed by atoms with Crippen LogP contribution in [0, 0.1) is 0 Å². The highest BCUT2D eigenvalue weighted by atomic mass is 31.2. The van der Waals surface area contributed by atoms with Crippen LogP contribution in [-0.4, -0.2) is 19.3 Å². The third kappa shape index (κ3) is 4.56. The molecule has 0 fully saturated rings. The third-order valence-electron chi connectivity index (χ3n) is 7.61. The van der Waals surface area contributed by atoms with Crippen molar-refractivity contribution in [2.24, 2.45) is 0 Å². The average molecular weight is 590 g/mol. The number of methoxy groups -OCH3 is 1. The van der Waals surface area contributed by atoms with Gasteiger partial charge in [0.15, 0.2) is 0 Å². The molecule has 0 aliphatic rings. The van der Waals surface area contributed by atoms with Gasteiger partial charge in [0.1, 0.15) is 16.9 Å². The van der Waals surface area contributed by atoms with E-state index in [1.807, 2.05) is 43.4 Å². The van der Waals surface area contributed by atoms with Crippen molar-refractivity contribution in [2.75, 3.05) is 18.6 Å². The minimum Gasteiger partial charge on any atom is -0.496 e. The number of fused-ring (bicyclic) bond motifs is 7. The number of aliphatic hydroxyl groups excluding tert-OH is 1. The Hall–Kier alpha value is -4.11. The first-order valence-corrected chi connectivity index (χ1v) is 16.2. The van der Waals surface area contributed by atoms with Crippen molar-refractivity contribution in [3.63, 3.8) is 0 Å². The van der Waals surface area contributed by atoms with E-state index in [-0.39, 0.29) is 6.61 Å². The third-order valence-corrected chi connectivity index (χ3v) is 12.1. The molecule has 0 aliphatic heterocycles. The van der Waals surface area contributed by atoms with E-state index < -0.39 is 16.2 Å². The van der Waals surface area contributed by atoms with Crippen LogP contribution in [-0.2, 0) is 6.61 Å². The van der Waals surface area contributed by atoms with Crippen LogP contribution in [0.25, 0.3) is 43.5 Å². The predicted octanol–water partition coefficient (Wildman–Crippen LogP) is 8.71. The van der Waals surface area contributed by atoms with Crippen LogP contribution in [0.1, 0.15) is 5.56 Å². The molecule has 0 bridgehead atoms. The number of ether oxygens (including phenoxy) is 1. The van der Waals surface area contributed by atoms with Gasteiger partial charge in [0.2, 0.25) is 0 Å². The molecule has 7 heteroatoms. The molecule has 0 saturated heterocycles. The van der Waals surface area contributed by atoms with Gasteiger partial charge in [0, 0.05) is 36.5 Å². The van der Waals surface area contributed by atoms with Crippen molar-refractivity contribution in [3.8, 4) is 5.75 Å². The lowest BCUT2D eigenvalue weighted by molar-refractivity contribution is 0.283. The summed E-state index contributed by atoms with van der Waals surface area (Å²) in [5, 5.41) is 19.0. The maximum absolute atomic E-state index is 10.3. The van der Waals surface area contributed by atoms with Crippen LogP contribution in [0.4, 0.5) is 0 Å². The highest BCUT2D eigenvalue weighted by molar-refractivity contribution is 7.81. The van der Waals surface area contributed by atoms with Crippen molar-refractivity contribution >= 4 is 70.3 Å². The number of nitrogens with zero attached hydrogens (tertiary/aromatic N) is 1. The number of aliphatic hydroxyl groups is 1. The second-order valence-electron chi connectivity index (χ2n) is 10.00. The molecule has 5 nitrogen and oxygen atoms in total. The minimum atomic E-state index is -1.64. The monoisotopic (exact) mass is 589 g/mol. The van der Waals surface area contributed by atoms with Gasteiger partial charge in [-0.15, -0.1) is 0 Å². The molecule has 7 rings (SSSR count). The van der Waals surface area contributed by atoms with Gasteiger partial charge in [0.05, 0.1) is 13.7 Å². The minimum absolute atomic E-state index is 0.0682. The van der Waals surface area contributed by atoms with E-state index in [0.29, 0.717) is 0 Å². The van der Waals surface area contributed by atoms with Gasteiger partial charge in [-0.1, -0.05) is 97.1 Å². The lowest BCUT2D eigenvalue weighted by Crippen LogP contribution is -2.26.